The van der Waals surface area contributed by atoms with Gasteiger partial charge in [0.1, 0.15) is 6.54 Å². The molecule has 0 radical (unpaired) electrons. The lowest BCUT2D eigenvalue weighted by Gasteiger charge is -2.04. The van der Waals surface area contributed by atoms with Crippen molar-refractivity contribution in [3.05, 3.63) is 48.5 Å². The minimum absolute atomic E-state index is 0.137. The third kappa shape index (κ3) is 2.85. The molecule has 0 bridgehead atoms. The lowest BCUT2D eigenvalue weighted by molar-refractivity contribution is -0.116. The normalized spacial score (nSPS) is 14.0. The first-order valence-electron chi connectivity index (χ1n) is 8.48. The van der Waals surface area contributed by atoms with Crippen LogP contribution in [0.15, 0.2) is 47.2 Å². The Labute approximate surface area is 148 Å². The summed E-state index contributed by atoms with van der Waals surface area (Å²) in [5.74, 6) is 1.70. The maximum atomic E-state index is 12.3. The number of carbonyl (C=O) groups is 1. The van der Waals surface area contributed by atoms with E-state index < -0.39 is 0 Å². The van der Waals surface area contributed by atoms with Crippen molar-refractivity contribution in [2.45, 2.75) is 25.3 Å². The number of aromatic nitrogens is 5. The van der Waals surface area contributed by atoms with Gasteiger partial charge < -0.3 is 14.7 Å². The number of nitrogens with one attached hydrogen (secondary N) is 2. The molecular formula is C18H16N6O2. The van der Waals surface area contributed by atoms with Crippen LogP contribution in [0.2, 0.25) is 0 Å². The van der Waals surface area contributed by atoms with Gasteiger partial charge >= 0.3 is 0 Å². The molecule has 0 spiro atoms. The van der Waals surface area contributed by atoms with Crippen molar-refractivity contribution in [3.8, 4) is 11.6 Å². The van der Waals surface area contributed by atoms with Crippen molar-refractivity contribution in [2.24, 2.45) is 0 Å². The standard InChI is InChI=1S/C18H16N6O2/c25-17(10-24-9-15(22-23-24)11-3-4-11)19-12-5-6-13-14(8-12)21-18(20-13)16-2-1-7-26-16/h1-2,5-9,11H,3-4,10H2,(H,19,25)(H,20,21). The molecule has 2 N–H and O–H groups in total. The summed E-state index contributed by atoms with van der Waals surface area (Å²) in [6.07, 6.45) is 5.78. The van der Waals surface area contributed by atoms with E-state index in [1.165, 1.54) is 0 Å². The SMILES string of the molecule is O=C(Cn1cc(C2CC2)nn1)Nc1ccc2nc(-c3ccco3)[nH]c2c1. The first kappa shape index (κ1) is 14.9. The number of aromatic amines is 1. The van der Waals surface area contributed by atoms with Gasteiger partial charge in [-0.2, -0.15) is 0 Å². The molecule has 8 nitrogen and oxygen atoms in total. The summed E-state index contributed by atoms with van der Waals surface area (Å²) in [5.41, 5.74) is 3.30. The monoisotopic (exact) mass is 348 g/mol. The van der Waals surface area contributed by atoms with Crippen LogP contribution in [0.1, 0.15) is 24.5 Å². The Morgan fingerprint density at radius 1 is 1.35 bits per heavy atom. The van der Waals surface area contributed by atoms with E-state index in [0.717, 1.165) is 29.6 Å². The first-order valence-corrected chi connectivity index (χ1v) is 8.48. The molecule has 1 saturated carbocycles. The highest BCUT2D eigenvalue weighted by Gasteiger charge is 2.26. The van der Waals surface area contributed by atoms with Gasteiger partial charge in [-0.05, 0) is 43.2 Å². The number of H-pyrrole nitrogens is 1. The average molecular weight is 348 g/mol. The second-order valence-electron chi connectivity index (χ2n) is 6.46. The molecule has 8 heteroatoms. The number of hydrogen-bond donors (Lipinski definition) is 2. The fourth-order valence-corrected chi connectivity index (χ4v) is 2.92. The number of rotatable bonds is 5. The van der Waals surface area contributed by atoms with E-state index >= 15 is 0 Å². The molecule has 3 aromatic heterocycles. The van der Waals surface area contributed by atoms with Gasteiger partial charge in [0.15, 0.2) is 11.6 Å². The fraction of sp³-hybridized carbons (Fsp3) is 0.222. The molecule has 0 aliphatic heterocycles. The average Bonchev–Trinajstić information content (AvgIpc) is 3.04. The molecule has 1 aliphatic carbocycles. The van der Waals surface area contributed by atoms with Gasteiger partial charge in [0.2, 0.25) is 5.91 Å². The summed E-state index contributed by atoms with van der Waals surface area (Å²) in [6, 6.07) is 9.18. The van der Waals surface area contributed by atoms with Crippen LogP contribution in [0.4, 0.5) is 5.69 Å². The van der Waals surface area contributed by atoms with Gasteiger partial charge in [0, 0.05) is 17.8 Å². The zero-order valence-electron chi connectivity index (χ0n) is 13.8. The topological polar surface area (TPSA) is 102 Å². The highest BCUT2D eigenvalue weighted by molar-refractivity contribution is 5.93. The summed E-state index contributed by atoms with van der Waals surface area (Å²) in [5, 5.41) is 11.0. The van der Waals surface area contributed by atoms with Crippen molar-refractivity contribution in [2.75, 3.05) is 5.32 Å². The Hall–Kier alpha value is -3.42. The summed E-state index contributed by atoms with van der Waals surface area (Å²) >= 11 is 0. The van der Waals surface area contributed by atoms with Crippen molar-refractivity contribution in [1.82, 2.24) is 25.0 Å². The van der Waals surface area contributed by atoms with Crippen LogP contribution in [-0.4, -0.2) is 30.9 Å². The van der Waals surface area contributed by atoms with Crippen LogP contribution in [0.25, 0.3) is 22.6 Å². The summed E-state index contributed by atoms with van der Waals surface area (Å²) in [7, 11) is 0. The molecule has 5 rings (SSSR count). The predicted octanol–water partition coefficient (Wildman–Crippen LogP) is 2.93. The van der Waals surface area contributed by atoms with Gasteiger partial charge in [-0.15, -0.1) is 5.10 Å². The van der Waals surface area contributed by atoms with Gasteiger partial charge in [0.05, 0.1) is 23.0 Å². The van der Waals surface area contributed by atoms with E-state index in [0.29, 0.717) is 23.2 Å². The summed E-state index contributed by atoms with van der Waals surface area (Å²) in [6.45, 7) is 0.137. The number of imidazole rings is 1. The number of hydrogen-bond acceptors (Lipinski definition) is 5. The number of benzene rings is 1. The zero-order valence-corrected chi connectivity index (χ0v) is 13.8. The molecule has 130 valence electrons. The second kappa shape index (κ2) is 5.83. The Morgan fingerprint density at radius 2 is 2.27 bits per heavy atom. The second-order valence-corrected chi connectivity index (χ2v) is 6.46. The zero-order chi connectivity index (χ0) is 17.5. The number of nitrogens with zero attached hydrogens (tertiary/aromatic N) is 4. The third-order valence-electron chi connectivity index (χ3n) is 4.38. The van der Waals surface area contributed by atoms with Gasteiger partial charge in [-0.1, -0.05) is 5.21 Å². The van der Waals surface area contributed by atoms with Gasteiger partial charge in [-0.3, -0.25) is 4.79 Å². The molecule has 26 heavy (non-hydrogen) atoms. The number of anilines is 1. The third-order valence-corrected chi connectivity index (χ3v) is 4.38. The summed E-state index contributed by atoms with van der Waals surface area (Å²) < 4.78 is 6.93. The molecule has 3 heterocycles. The molecule has 0 atom stereocenters. The molecule has 0 saturated heterocycles. The fourth-order valence-electron chi connectivity index (χ4n) is 2.92. The highest BCUT2D eigenvalue weighted by Crippen LogP contribution is 2.38. The smallest absolute Gasteiger partial charge is 0.246 e. The Bertz CT molecular complexity index is 1070. The minimum atomic E-state index is -0.151. The molecule has 0 unspecified atom stereocenters. The Morgan fingerprint density at radius 3 is 3.08 bits per heavy atom. The quantitative estimate of drug-likeness (QED) is 0.577. The molecule has 1 aliphatic rings. The maximum absolute atomic E-state index is 12.3. The van der Waals surface area contributed by atoms with Crippen molar-refractivity contribution < 1.29 is 9.21 Å². The number of amides is 1. The Balaban J connectivity index is 1.31. The molecule has 1 aromatic carbocycles. The number of carbonyl (C=O) groups excluding carboxylic acids is 1. The molecule has 4 aromatic rings. The van der Waals surface area contributed by atoms with Crippen LogP contribution in [0, 0.1) is 0 Å². The number of fused-ring (bicyclic) bond motifs is 1. The van der Waals surface area contributed by atoms with E-state index in [1.54, 1.807) is 10.9 Å². The van der Waals surface area contributed by atoms with Gasteiger partial charge in [-0.25, -0.2) is 9.67 Å². The van der Waals surface area contributed by atoms with E-state index in [4.69, 9.17) is 4.42 Å². The highest BCUT2D eigenvalue weighted by atomic mass is 16.3. The molecular weight excluding hydrogens is 332 g/mol. The van der Waals surface area contributed by atoms with E-state index in [2.05, 4.69) is 25.6 Å². The lowest BCUT2D eigenvalue weighted by atomic mass is 10.2. The van der Waals surface area contributed by atoms with Crippen LogP contribution < -0.4 is 5.32 Å². The van der Waals surface area contributed by atoms with Crippen molar-refractivity contribution >= 4 is 22.6 Å². The van der Waals surface area contributed by atoms with Gasteiger partial charge in [0.25, 0.3) is 0 Å². The minimum Gasteiger partial charge on any atom is -0.461 e. The largest absolute Gasteiger partial charge is 0.461 e. The van der Waals surface area contributed by atoms with Crippen LogP contribution in [0.5, 0.6) is 0 Å². The lowest BCUT2D eigenvalue weighted by Crippen LogP contribution is -2.19. The van der Waals surface area contributed by atoms with E-state index in [1.807, 2.05) is 36.5 Å². The molecule has 1 amide bonds. The van der Waals surface area contributed by atoms with Crippen LogP contribution >= 0.6 is 0 Å². The first-order chi connectivity index (χ1) is 12.7. The number of furan rings is 1. The van der Waals surface area contributed by atoms with E-state index in [-0.39, 0.29) is 12.5 Å². The Kier molecular flexibility index (Phi) is 3.34. The molecule has 1 fully saturated rings. The van der Waals surface area contributed by atoms with Crippen LogP contribution in [0.3, 0.4) is 0 Å². The van der Waals surface area contributed by atoms with Crippen molar-refractivity contribution in [3.63, 3.8) is 0 Å². The summed E-state index contributed by atoms with van der Waals surface area (Å²) in [4.78, 5) is 19.9. The van der Waals surface area contributed by atoms with E-state index in [9.17, 15) is 4.79 Å². The maximum Gasteiger partial charge on any atom is 0.246 e. The van der Waals surface area contributed by atoms with Crippen LogP contribution in [-0.2, 0) is 11.3 Å². The predicted molar refractivity (Wildman–Crippen MR) is 94.4 cm³/mol. The van der Waals surface area contributed by atoms with Crippen molar-refractivity contribution in [1.29, 1.82) is 0 Å².